The first-order chi connectivity index (χ1) is 12.2. The molecule has 0 saturated carbocycles. The van der Waals surface area contributed by atoms with Crippen molar-refractivity contribution in [3.05, 3.63) is 72.4 Å². The van der Waals surface area contributed by atoms with Crippen LogP contribution in [0.15, 0.2) is 61.3 Å². The lowest BCUT2D eigenvalue weighted by molar-refractivity contribution is -0.863. The van der Waals surface area contributed by atoms with Crippen molar-refractivity contribution in [2.45, 2.75) is 6.61 Å². The van der Waals surface area contributed by atoms with Crippen LogP contribution in [-0.4, -0.2) is 25.1 Å². The van der Waals surface area contributed by atoms with Gasteiger partial charge in [0.15, 0.2) is 0 Å². The summed E-state index contributed by atoms with van der Waals surface area (Å²) >= 11 is 0. The summed E-state index contributed by atoms with van der Waals surface area (Å²) in [5, 5.41) is 1.15. The zero-order valence-corrected chi connectivity index (χ0v) is 14.5. The van der Waals surface area contributed by atoms with Crippen LogP contribution >= 0.6 is 0 Å². The van der Waals surface area contributed by atoms with Crippen LogP contribution in [0.2, 0.25) is 0 Å². The molecule has 3 nitrogen and oxygen atoms in total. The van der Waals surface area contributed by atoms with E-state index in [2.05, 4.69) is 42.7 Å². The Morgan fingerprint density at radius 2 is 2.12 bits per heavy atom. The topological polar surface area (TPSA) is 29.5 Å². The van der Waals surface area contributed by atoms with Gasteiger partial charge in [0, 0.05) is 22.7 Å². The highest BCUT2D eigenvalue weighted by molar-refractivity contribution is 5.80. The van der Waals surface area contributed by atoms with Gasteiger partial charge < -0.3 is 14.6 Å². The van der Waals surface area contributed by atoms with E-state index in [1.807, 2.05) is 36.5 Å². The third-order valence-corrected chi connectivity index (χ3v) is 4.18. The molecule has 2 aromatic carbocycles. The Labute approximate surface area is 148 Å². The van der Waals surface area contributed by atoms with Gasteiger partial charge in [-0.2, -0.15) is 0 Å². The quantitative estimate of drug-likeness (QED) is 0.641. The largest absolute Gasteiger partial charge is 0.489 e. The molecule has 0 aliphatic carbocycles. The van der Waals surface area contributed by atoms with Crippen molar-refractivity contribution in [1.82, 2.24) is 4.98 Å². The van der Waals surface area contributed by atoms with Gasteiger partial charge in [0.05, 0.1) is 7.05 Å². The van der Waals surface area contributed by atoms with Crippen LogP contribution in [0.3, 0.4) is 0 Å². The number of quaternary nitrogens is 1. The summed E-state index contributed by atoms with van der Waals surface area (Å²) in [5.41, 5.74) is 4.47. The Hall–Kier alpha value is -2.96. The van der Waals surface area contributed by atoms with Crippen LogP contribution in [0.1, 0.15) is 11.1 Å². The van der Waals surface area contributed by atoms with Gasteiger partial charge in [-0.3, -0.25) is 0 Å². The molecule has 0 aliphatic heterocycles. The lowest BCUT2D eigenvalue weighted by atomic mass is 10.0. The first-order valence-electron chi connectivity index (χ1n) is 8.37. The van der Waals surface area contributed by atoms with Crippen LogP contribution in [0.5, 0.6) is 5.75 Å². The summed E-state index contributed by atoms with van der Waals surface area (Å²) in [6.45, 7) is 6.26. The number of likely N-dealkylation sites (N-methyl/N-ethyl adjacent to an activating group) is 1. The van der Waals surface area contributed by atoms with E-state index >= 15 is 0 Å². The number of aromatic nitrogens is 1. The second-order valence-corrected chi connectivity index (χ2v) is 6.33. The van der Waals surface area contributed by atoms with Crippen molar-refractivity contribution in [1.29, 1.82) is 0 Å². The maximum Gasteiger partial charge on any atom is 0.139 e. The Balaban J connectivity index is 1.65. The molecule has 3 heteroatoms. The molecule has 2 N–H and O–H groups in total. The van der Waals surface area contributed by atoms with E-state index in [9.17, 15) is 0 Å². The SMILES string of the molecule is C#CC[NH+](C)CC(=C)c1cccc(COc2ccc3[nH]ccc3c2)c1. The molecule has 0 saturated heterocycles. The highest BCUT2D eigenvalue weighted by Gasteiger charge is 2.07. The molecule has 0 bridgehead atoms. The molecule has 25 heavy (non-hydrogen) atoms. The van der Waals surface area contributed by atoms with Crippen LogP contribution in [0, 0.1) is 12.3 Å². The molecule has 0 amide bonds. The summed E-state index contributed by atoms with van der Waals surface area (Å²) in [6.07, 6.45) is 7.30. The monoisotopic (exact) mass is 331 g/mol. The number of ether oxygens (including phenoxy) is 1. The fraction of sp³-hybridized carbons (Fsp3) is 0.182. The molecule has 1 heterocycles. The van der Waals surface area contributed by atoms with Gasteiger partial charge in [-0.05, 0) is 47.4 Å². The van der Waals surface area contributed by atoms with Gasteiger partial charge in [0.25, 0.3) is 0 Å². The normalized spacial score (nSPS) is 11.8. The van der Waals surface area contributed by atoms with Crippen molar-refractivity contribution >= 4 is 16.5 Å². The molecule has 1 aromatic heterocycles. The van der Waals surface area contributed by atoms with Crippen molar-refractivity contribution in [3.63, 3.8) is 0 Å². The van der Waals surface area contributed by atoms with Crippen molar-refractivity contribution in [3.8, 4) is 18.1 Å². The molecule has 1 atom stereocenters. The zero-order chi connectivity index (χ0) is 17.6. The first kappa shape index (κ1) is 16.9. The third kappa shape index (κ3) is 4.32. The molecule has 0 aliphatic rings. The number of hydrogen-bond acceptors (Lipinski definition) is 1. The minimum absolute atomic E-state index is 0.532. The van der Waals surface area contributed by atoms with E-state index in [1.54, 1.807) is 0 Å². The highest BCUT2D eigenvalue weighted by Crippen LogP contribution is 2.21. The fourth-order valence-corrected chi connectivity index (χ4v) is 2.87. The minimum Gasteiger partial charge on any atom is -0.489 e. The molecule has 0 radical (unpaired) electrons. The molecule has 126 valence electrons. The molecular formula is C22H23N2O+. The summed E-state index contributed by atoms with van der Waals surface area (Å²) < 4.78 is 5.95. The van der Waals surface area contributed by atoms with Gasteiger partial charge in [-0.25, -0.2) is 0 Å². The average Bonchev–Trinajstić information content (AvgIpc) is 3.08. The number of aromatic amines is 1. The van der Waals surface area contributed by atoms with E-state index in [-0.39, 0.29) is 0 Å². The Bertz CT molecular complexity index is 917. The molecule has 0 spiro atoms. The Kier molecular flexibility index (Phi) is 5.23. The van der Waals surface area contributed by atoms with Crippen molar-refractivity contribution < 1.29 is 9.64 Å². The molecular weight excluding hydrogens is 308 g/mol. The van der Waals surface area contributed by atoms with E-state index in [1.165, 1.54) is 4.90 Å². The van der Waals surface area contributed by atoms with E-state index in [4.69, 9.17) is 11.2 Å². The zero-order valence-electron chi connectivity index (χ0n) is 14.5. The Morgan fingerprint density at radius 1 is 1.24 bits per heavy atom. The number of benzene rings is 2. The highest BCUT2D eigenvalue weighted by atomic mass is 16.5. The maximum absolute atomic E-state index is 5.95. The molecule has 1 unspecified atom stereocenters. The standard InChI is InChI=1S/C22H22N2O/c1-4-12-24(3)15-17(2)19-7-5-6-18(13-19)16-25-21-8-9-22-20(14-21)10-11-23-22/h1,5-11,13-14,23H,2,12,15-16H2,3H3/p+1. The molecule has 3 rings (SSSR count). The second kappa shape index (κ2) is 7.74. The summed E-state index contributed by atoms with van der Waals surface area (Å²) in [4.78, 5) is 4.44. The number of H-pyrrole nitrogens is 1. The predicted molar refractivity (Wildman–Crippen MR) is 104 cm³/mol. The van der Waals surface area contributed by atoms with Gasteiger partial charge in [0.1, 0.15) is 25.4 Å². The lowest BCUT2D eigenvalue weighted by Crippen LogP contribution is -3.08. The second-order valence-electron chi connectivity index (χ2n) is 6.33. The number of rotatable bonds is 7. The van der Waals surface area contributed by atoms with E-state index < -0.39 is 0 Å². The van der Waals surface area contributed by atoms with Crippen molar-refractivity contribution in [2.24, 2.45) is 0 Å². The van der Waals surface area contributed by atoms with E-state index in [0.29, 0.717) is 13.2 Å². The summed E-state index contributed by atoms with van der Waals surface area (Å²) in [6, 6.07) is 16.5. The number of nitrogens with one attached hydrogen (secondary N) is 2. The predicted octanol–water partition coefficient (Wildman–Crippen LogP) is 2.91. The Morgan fingerprint density at radius 3 is 2.96 bits per heavy atom. The minimum atomic E-state index is 0.532. The number of terminal acetylenes is 1. The maximum atomic E-state index is 5.95. The fourth-order valence-electron chi connectivity index (χ4n) is 2.87. The summed E-state index contributed by atoms with van der Waals surface area (Å²) in [5.74, 6) is 3.55. The van der Waals surface area contributed by atoms with Gasteiger partial charge >= 0.3 is 0 Å². The number of fused-ring (bicyclic) bond motifs is 1. The summed E-state index contributed by atoms with van der Waals surface area (Å²) in [7, 11) is 2.08. The molecule has 0 fully saturated rings. The van der Waals surface area contributed by atoms with Gasteiger partial charge in [0.2, 0.25) is 0 Å². The average molecular weight is 331 g/mol. The third-order valence-electron chi connectivity index (χ3n) is 4.18. The lowest BCUT2D eigenvalue weighted by Gasteiger charge is -2.14. The number of hydrogen-bond donors (Lipinski definition) is 2. The van der Waals surface area contributed by atoms with Gasteiger partial charge in [-0.1, -0.05) is 24.8 Å². The first-order valence-corrected chi connectivity index (χ1v) is 8.37. The van der Waals surface area contributed by atoms with Crippen LogP contribution in [-0.2, 0) is 6.61 Å². The van der Waals surface area contributed by atoms with Crippen LogP contribution < -0.4 is 9.64 Å². The van der Waals surface area contributed by atoms with Gasteiger partial charge in [-0.15, -0.1) is 6.42 Å². The van der Waals surface area contributed by atoms with E-state index in [0.717, 1.165) is 39.9 Å². The smallest absolute Gasteiger partial charge is 0.139 e. The van der Waals surface area contributed by atoms with Crippen LogP contribution in [0.4, 0.5) is 0 Å². The molecule has 3 aromatic rings. The van der Waals surface area contributed by atoms with Crippen LogP contribution in [0.25, 0.3) is 16.5 Å². The van der Waals surface area contributed by atoms with Crippen molar-refractivity contribution in [2.75, 3.05) is 20.1 Å².